The van der Waals surface area contributed by atoms with E-state index in [1.165, 1.54) is 34.9 Å². The standard InChI is InChI=1S/C23H25N5O5S3/c1-17(18-7-5-8-19(15-18)36(32,33)28-12-3-2-4-13-28)25-26-23(29)20-10-11-24-16-21(20)27-35(30,31)22-9-6-14-34-22/h5-11,14-16,27H,2-4,12-13H2,1H3,(H,26,29). The molecule has 0 bridgehead atoms. The maximum Gasteiger partial charge on any atom is 0.273 e. The van der Waals surface area contributed by atoms with Crippen molar-refractivity contribution in [1.82, 2.24) is 14.7 Å². The maximum atomic E-state index is 13.0. The minimum atomic E-state index is -3.88. The van der Waals surface area contributed by atoms with Gasteiger partial charge in [0.05, 0.1) is 28.1 Å². The molecule has 0 atom stereocenters. The molecule has 13 heteroatoms. The average molecular weight is 548 g/mol. The number of nitrogens with zero attached hydrogens (tertiary/aromatic N) is 3. The van der Waals surface area contributed by atoms with Crippen molar-refractivity contribution < 1.29 is 21.6 Å². The van der Waals surface area contributed by atoms with Crippen molar-refractivity contribution >= 4 is 48.7 Å². The lowest BCUT2D eigenvalue weighted by molar-refractivity contribution is 0.0955. The summed E-state index contributed by atoms with van der Waals surface area (Å²) in [5.74, 6) is -0.655. The van der Waals surface area contributed by atoms with Crippen molar-refractivity contribution in [3.63, 3.8) is 0 Å². The first kappa shape index (κ1) is 25.9. The van der Waals surface area contributed by atoms with E-state index >= 15 is 0 Å². The number of hydrogen-bond acceptors (Lipinski definition) is 8. The van der Waals surface area contributed by atoms with Gasteiger partial charge in [-0.1, -0.05) is 24.6 Å². The number of sulfonamides is 2. The Balaban J connectivity index is 1.51. The molecule has 0 radical (unpaired) electrons. The Labute approximate surface area is 214 Å². The summed E-state index contributed by atoms with van der Waals surface area (Å²) in [6.45, 7) is 2.64. The van der Waals surface area contributed by atoms with Crippen molar-refractivity contribution in [1.29, 1.82) is 0 Å². The number of amides is 1. The Hall–Kier alpha value is -3.13. The van der Waals surface area contributed by atoms with Gasteiger partial charge in [0.15, 0.2) is 0 Å². The lowest BCUT2D eigenvalue weighted by Crippen LogP contribution is -2.35. The average Bonchev–Trinajstić information content (AvgIpc) is 3.44. The smallest absolute Gasteiger partial charge is 0.273 e. The van der Waals surface area contributed by atoms with Crippen molar-refractivity contribution in [2.45, 2.75) is 35.3 Å². The molecule has 36 heavy (non-hydrogen) atoms. The van der Waals surface area contributed by atoms with Crippen molar-refractivity contribution in [3.8, 4) is 0 Å². The van der Waals surface area contributed by atoms with Crippen LogP contribution in [-0.4, -0.2) is 50.8 Å². The molecule has 1 aromatic carbocycles. The van der Waals surface area contributed by atoms with Crippen LogP contribution in [-0.2, 0) is 20.0 Å². The van der Waals surface area contributed by atoms with Gasteiger partial charge in [-0.05, 0) is 55.0 Å². The third-order valence-electron chi connectivity index (χ3n) is 5.60. The zero-order chi connectivity index (χ0) is 25.8. The van der Waals surface area contributed by atoms with Gasteiger partial charge in [-0.25, -0.2) is 22.3 Å². The third-order valence-corrected chi connectivity index (χ3v) is 10.3. The van der Waals surface area contributed by atoms with Gasteiger partial charge < -0.3 is 0 Å². The highest BCUT2D eigenvalue weighted by molar-refractivity contribution is 7.94. The highest BCUT2D eigenvalue weighted by Crippen LogP contribution is 2.23. The normalized spacial score (nSPS) is 15.4. The molecule has 1 aliphatic rings. The summed E-state index contributed by atoms with van der Waals surface area (Å²) in [7, 11) is -7.49. The summed E-state index contributed by atoms with van der Waals surface area (Å²) in [6, 6.07) is 10.8. The largest absolute Gasteiger partial charge is 0.277 e. The van der Waals surface area contributed by atoms with Gasteiger partial charge in [-0.3, -0.25) is 14.5 Å². The number of hydrogen-bond donors (Lipinski definition) is 2. The van der Waals surface area contributed by atoms with Crippen LogP contribution in [0.5, 0.6) is 0 Å². The molecular formula is C23H25N5O5S3. The Morgan fingerprint density at radius 2 is 1.83 bits per heavy atom. The minimum absolute atomic E-state index is 0.00544. The number of thiophene rings is 1. The molecule has 2 N–H and O–H groups in total. The van der Waals surface area contributed by atoms with Crippen molar-refractivity contribution in [2.24, 2.45) is 5.10 Å². The third kappa shape index (κ3) is 5.81. The number of benzene rings is 1. The molecule has 1 amide bonds. The van der Waals surface area contributed by atoms with E-state index in [1.54, 1.807) is 36.6 Å². The van der Waals surface area contributed by atoms with Crippen LogP contribution < -0.4 is 10.1 Å². The summed E-state index contributed by atoms with van der Waals surface area (Å²) in [6.07, 6.45) is 5.30. The molecule has 0 saturated carbocycles. The Morgan fingerprint density at radius 1 is 1.06 bits per heavy atom. The van der Waals surface area contributed by atoms with Gasteiger partial charge in [0.1, 0.15) is 4.21 Å². The molecule has 10 nitrogen and oxygen atoms in total. The van der Waals surface area contributed by atoms with E-state index in [0.29, 0.717) is 24.4 Å². The fraction of sp³-hybridized carbons (Fsp3) is 0.261. The fourth-order valence-electron chi connectivity index (χ4n) is 3.68. The lowest BCUT2D eigenvalue weighted by atomic mass is 10.1. The minimum Gasteiger partial charge on any atom is -0.277 e. The molecule has 0 aliphatic carbocycles. The SMILES string of the molecule is CC(=NNC(=O)c1ccncc1NS(=O)(=O)c1cccs1)c1cccc(S(=O)(=O)N2CCCCC2)c1. The fourth-order valence-corrected chi connectivity index (χ4v) is 7.30. The molecule has 3 aromatic rings. The van der Waals surface area contributed by atoms with Crippen molar-refractivity contribution in [3.05, 3.63) is 71.4 Å². The highest BCUT2D eigenvalue weighted by Gasteiger charge is 2.26. The topological polar surface area (TPSA) is 138 Å². The number of hydrazone groups is 1. The van der Waals surface area contributed by atoms with Crippen LogP contribution in [0.25, 0.3) is 0 Å². The van der Waals surface area contributed by atoms with Crippen LogP contribution in [0.1, 0.15) is 42.1 Å². The summed E-state index contributed by atoms with van der Waals surface area (Å²) >= 11 is 1.05. The van der Waals surface area contributed by atoms with Gasteiger partial charge in [0.25, 0.3) is 15.9 Å². The number of carbonyl (C=O) groups is 1. The number of aromatic nitrogens is 1. The van der Waals surface area contributed by atoms with E-state index in [0.717, 1.165) is 30.6 Å². The molecule has 2 aromatic heterocycles. The Bertz CT molecular complexity index is 1480. The van der Waals surface area contributed by atoms with Crippen LogP contribution in [0, 0.1) is 0 Å². The zero-order valence-electron chi connectivity index (χ0n) is 19.4. The lowest BCUT2D eigenvalue weighted by Gasteiger charge is -2.26. The number of nitrogens with one attached hydrogen (secondary N) is 2. The molecule has 1 aliphatic heterocycles. The molecule has 1 fully saturated rings. The van der Waals surface area contributed by atoms with Gasteiger partial charge in [-0.2, -0.15) is 9.41 Å². The van der Waals surface area contributed by atoms with Crippen LogP contribution >= 0.6 is 11.3 Å². The van der Waals surface area contributed by atoms with E-state index in [4.69, 9.17) is 0 Å². The molecule has 3 heterocycles. The maximum absolute atomic E-state index is 13.0. The second kappa shape index (κ2) is 10.9. The van der Waals surface area contributed by atoms with E-state index in [-0.39, 0.29) is 20.4 Å². The quantitative estimate of drug-likeness (QED) is 0.328. The first-order valence-corrected chi connectivity index (χ1v) is 14.9. The number of anilines is 1. The van der Waals surface area contributed by atoms with E-state index < -0.39 is 26.0 Å². The van der Waals surface area contributed by atoms with Crippen LogP contribution in [0.2, 0.25) is 0 Å². The number of carbonyl (C=O) groups excluding carboxylic acids is 1. The predicted molar refractivity (Wildman–Crippen MR) is 138 cm³/mol. The molecule has 4 rings (SSSR count). The summed E-state index contributed by atoms with van der Waals surface area (Å²) in [5.41, 5.74) is 3.36. The number of piperidine rings is 1. The van der Waals surface area contributed by atoms with Gasteiger partial charge >= 0.3 is 0 Å². The second-order valence-corrected chi connectivity index (χ2v) is 12.9. The van der Waals surface area contributed by atoms with E-state index in [2.05, 4.69) is 20.2 Å². The molecular weight excluding hydrogens is 522 g/mol. The zero-order valence-corrected chi connectivity index (χ0v) is 21.9. The van der Waals surface area contributed by atoms with Gasteiger partial charge in [0, 0.05) is 19.3 Å². The summed E-state index contributed by atoms with van der Waals surface area (Å²) in [4.78, 5) is 16.9. The second-order valence-electron chi connectivity index (χ2n) is 8.09. The van der Waals surface area contributed by atoms with Gasteiger partial charge in [0.2, 0.25) is 10.0 Å². The van der Waals surface area contributed by atoms with E-state index in [9.17, 15) is 21.6 Å². The molecule has 1 saturated heterocycles. The van der Waals surface area contributed by atoms with Crippen LogP contribution in [0.4, 0.5) is 5.69 Å². The number of rotatable bonds is 8. The molecule has 0 unspecified atom stereocenters. The summed E-state index contributed by atoms with van der Waals surface area (Å²) < 4.78 is 55.1. The van der Waals surface area contributed by atoms with Crippen LogP contribution in [0.15, 0.2) is 74.4 Å². The Kier molecular flexibility index (Phi) is 7.83. The summed E-state index contributed by atoms with van der Waals surface area (Å²) in [5, 5.41) is 5.74. The first-order chi connectivity index (χ1) is 17.2. The predicted octanol–water partition coefficient (Wildman–Crippen LogP) is 3.27. The van der Waals surface area contributed by atoms with Gasteiger partial charge in [-0.15, -0.1) is 11.3 Å². The van der Waals surface area contributed by atoms with Crippen molar-refractivity contribution in [2.75, 3.05) is 17.8 Å². The molecule has 0 spiro atoms. The first-order valence-electron chi connectivity index (χ1n) is 11.1. The molecule has 190 valence electrons. The van der Waals surface area contributed by atoms with Crippen LogP contribution in [0.3, 0.4) is 0 Å². The Morgan fingerprint density at radius 3 is 2.56 bits per heavy atom. The highest BCUT2D eigenvalue weighted by atomic mass is 32.2. The van der Waals surface area contributed by atoms with E-state index in [1.807, 2.05) is 0 Å². The monoisotopic (exact) mass is 547 g/mol. The number of pyridine rings is 1.